The summed E-state index contributed by atoms with van der Waals surface area (Å²) in [5.74, 6) is 1.40. The first-order valence-corrected chi connectivity index (χ1v) is 4.25. The average Bonchev–Trinajstić information content (AvgIpc) is 1.91. The second-order valence-electron chi connectivity index (χ2n) is 4.01. The van der Waals surface area contributed by atoms with Crippen LogP contribution in [0.3, 0.4) is 0 Å². The van der Waals surface area contributed by atoms with Gasteiger partial charge in [0.1, 0.15) is 5.60 Å². The molecule has 0 aromatic carbocycles. The minimum Gasteiger partial charge on any atom is -0.512 e. The van der Waals surface area contributed by atoms with E-state index < -0.39 is 0 Å². The molecule has 0 atom stereocenters. The minimum atomic E-state index is -0.132. The molecule has 0 aromatic heterocycles. The van der Waals surface area contributed by atoms with Gasteiger partial charge in [-0.2, -0.15) is 0 Å². The van der Waals surface area contributed by atoms with Gasteiger partial charge in [0.25, 0.3) is 0 Å². The van der Waals surface area contributed by atoms with Crippen molar-refractivity contribution in [2.24, 2.45) is 0 Å². The summed E-state index contributed by atoms with van der Waals surface area (Å²) in [4.78, 5) is 0. The first-order chi connectivity index (χ1) is 5.47. The molecule has 0 amide bonds. The van der Waals surface area contributed by atoms with Gasteiger partial charge in [0.2, 0.25) is 0 Å². The molecule has 12 heavy (non-hydrogen) atoms. The van der Waals surface area contributed by atoms with E-state index in [2.05, 4.69) is 0 Å². The van der Waals surface area contributed by atoms with E-state index >= 15 is 0 Å². The highest BCUT2D eigenvalue weighted by atomic mass is 16.5. The number of allylic oxidation sites excluding steroid dienone is 4. The Hall–Kier alpha value is -0.920. The third kappa shape index (κ3) is 2.99. The largest absolute Gasteiger partial charge is 0.512 e. The zero-order valence-corrected chi connectivity index (χ0v) is 7.92. The van der Waals surface area contributed by atoms with Crippen molar-refractivity contribution >= 4 is 0 Å². The summed E-state index contributed by atoms with van der Waals surface area (Å²) in [5.41, 5.74) is -0.132. The van der Waals surface area contributed by atoms with Gasteiger partial charge in [0.05, 0.1) is 11.5 Å². The van der Waals surface area contributed by atoms with Crippen molar-refractivity contribution in [3.8, 4) is 0 Å². The Morgan fingerprint density at radius 1 is 1.25 bits per heavy atom. The Morgan fingerprint density at radius 3 is 2.33 bits per heavy atom. The Morgan fingerprint density at radius 2 is 1.92 bits per heavy atom. The van der Waals surface area contributed by atoms with Crippen molar-refractivity contribution in [1.29, 1.82) is 0 Å². The summed E-state index contributed by atoms with van der Waals surface area (Å²) >= 11 is 0. The van der Waals surface area contributed by atoms with Gasteiger partial charge in [-0.25, -0.2) is 0 Å². The first kappa shape index (κ1) is 9.17. The van der Waals surface area contributed by atoms with Crippen molar-refractivity contribution in [2.45, 2.75) is 39.2 Å². The Labute approximate surface area is 73.5 Å². The molecule has 0 aliphatic heterocycles. The molecule has 68 valence electrons. The fourth-order valence-corrected chi connectivity index (χ4v) is 1.09. The number of aliphatic hydroxyl groups is 1. The van der Waals surface area contributed by atoms with E-state index in [-0.39, 0.29) is 5.60 Å². The lowest BCUT2D eigenvalue weighted by molar-refractivity contribution is 0.0455. The van der Waals surface area contributed by atoms with Crippen molar-refractivity contribution in [3.63, 3.8) is 0 Å². The molecule has 0 heterocycles. The van der Waals surface area contributed by atoms with E-state index in [1.807, 2.05) is 26.8 Å². The van der Waals surface area contributed by atoms with Gasteiger partial charge in [-0.05, 0) is 32.9 Å². The monoisotopic (exact) mass is 168 g/mol. The molecular weight excluding hydrogens is 152 g/mol. The molecule has 0 spiro atoms. The highest BCUT2D eigenvalue weighted by molar-refractivity contribution is 5.16. The SMILES string of the molecule is CC(C)(C)OC1=CC=C(O)CC1. The van der Waals surface area contributed by atoms with Gasteiger partial charge in [-0.1, -0.05) is 0 Å². The number of aliphatic hydroxyl groups excluding tert-OH is 1. The van der Waals surface area contributed by atoms with Crippen LogP contribution in [0, 0.1) is 0 Å². The van der Waals surface area contributed by atoms with Crippen LogP contribution >= 0.6 is 0 Å². The van der Waals surface area contributed by atoms with E-state index in [9.17, 15) is 0 Å². The maximum atomic E-state index is 9.09. The topological polar surface area (TPSA) is 29.5 Å². The first-order valence-electron chi connectivity index (χ1n) is 4.25. The Kier molecular flexibility index (Phi) is 2.46. The van der Waals surface area contributed by atoms with Crippen LogP contribution in [-0.4, -0.2) is 10.7 Å². The van der Waals surface area contributed by atoms with Gasteiger partial charge in [0, 0.05) is 12.8 Å². The molecule has 2 heteroatoms. The Balaban J connectivity index is 2.55. The van der Waals surface area contributed by atoms with Gasteiger partial charge in [-0.3, -0.25) is 0 Å². The van der Waals surface area contributed by atoms with Gasteiger partial charge in [0.15, 0.2) is 0 Å². The lowest BCUT2D eigenvalue weighted by Crippen LogP contribution is -2.19. The summed E-state index contributed by atoms with van der Waals surface area (Å²) in [6, 6.07) is 0. The summed E-state index contributed by atoms with van der Waals surface area (Å²) < 4.78 is 5.63. The predicted octanol–water partition coefficient (Wildman–Crippen LogP) is 2.92. The second kappa shape index (κ2) is 3.21. The quantitative estimate of drug-likeness (QED) is 0.652. The molecule has 0 saturated heterocycles. The number of hydrogen-bond acceptors (Lipinski definition) is 2. The predicted molar refractivity (Wildman–Crippen MR) is 48.9 cm³/mol. The summed E-state index contributed by atoms with van der Waals surface area (Å²) in [6.07, 6.45) is 5.04. The summed E-state index contributed by atoms with van der Waals surface area (Å²) in [6.45, 7) is 6.06. The average molecular weight is 168 g/mol. The van der Waals surface area contributed by atoms with Crippen molar-refractivity contribution < 1.29 is 9.84 Å². The smallest absolute Gasteiger partial charge is 0.100 e. The van der Waals surface area contributed by atoms with Crippen LogP contribution in [-0.2, 0) is 4.74 Å². The lowest BCUT2D eigenvalue weighted by atomic mass is 10.1. The van der Waals surface area contributed by atoms with E-state index in [4.69, 9.17) is 9.84 Å². The van der Waals surface area contributed by atoms with Crippen molar-refractivity contribution in [2.75, 3.05) is 0 Å². The molecule has 1 aliphatic carbocycles. The molecular formula is C10H16O2. The van der Waals surface area contributed by atoms with Crippen LogP contribution in [0.25, 0.3) is 0 Å². The van der Waals surface area contributed by atoms with Crippen LogP contribution < -0.4 is 0 Å². The molecule has 0 saturated carbocycles. The third-order valence-electron chi connectivity index (χ3n) is 1.53. The number of rotatable bonds is 1. The van der Waals surface area contributed by atoms with E-state index in [1.54, 1.807) is 6.08 Å². The van der Waals surface area contributed by atoms with Crippen molar-refractivity contribution in [1.82, 2.24) is 0 Å². The molecule has 0 bridgehead atoms. The molecule has 0 aromatic rings. The molecule has 0 fully saturated rings. The van der Waals surface area contributed by atoms with Crippen LogP contribution in [0.2, 0.25) is 0 Å². The standard InChI is InChI=1S/C10H16O2/c1-10(2,3)12-9-6-4-8(11)5-7-9/h4,6,11H,5,7H2,1-3H3. The maximum absolute atomic E-state index is 9.09. The van der Waals surface area contributed by atoms with Crippen LogP contribution in [0.1, 0.15) is 33.6 Å². The van der Waals surface area contributed by atoms with Crippen LogP contribution in [0.4, 0.5) is 0 Å². The highest BCUT2D eigenvalue weighted by Gasteiger charge is 2.15. The number of hydrogen-bond donors (Lipinski definition) is 1. The van der Waals surface area contributed by atoms with Gasteiger partial charge < -0.3 is 9.84 Å². The zero-order valence-electron chi connectivity index (χ0n) is 7.92. The summed E-state index contributed by atoms with van der Waals surface area (Å²) in [5, 5.41) is 9.09. The second-order valence-corrected chi connectivity index (χ2v) is 4.01. The van der Waals surface area contributed by atoms with Crippen molar-refractivity contribution in [3.05, 3.63) is 23.7 Å². The van der Waals surface area contributed by atoms with Crippen LogP contribution in [0.15, 0.2) is 23.7 Å². The van der Waals surface area contributed by atoms with E-state index in [0.717, 1.165) is 12.2 Å². The maximum Gasteiger partial charge on any atom is 0.100 e. The fourth-order valence-electron chi connectivity index (χ4n) is 1.09. The lowest BCUT2D eigenvalue weighted by Gasteiger charge is -2.24. The van der Waals surface area contributed by atoms with Crippen LogP contribution in [0.5, 0.6) is 0 Å². The molecule has 0 radical (unpaired) electrons. The molecule has 1 N–H and O–H groups in total. The zero-order chi connectivity index (χ0) is 9.19. The molecule has 0 unspecified atom stereocenters. The van der Waals surface area contributed by atoms with E-state index in [0.29, 0.717) is 12.2 Å². The molecule has 1 aliphatic rings. The minimum absolute atomic E-state index is 0.132. The third-order valence-corrected chi connectivity index (χ3v) is 1.53. The number of ether oxygens (including phenoxy) is 1. The van der Waals surface area contributed by atoms with Gasteiger partial charge >= 0.3 is 0 Å². The van der Waals surface area contributed by atoms with E-state index in [1.165, 1.54) is 0 Å². The molecule has 1 rings (SSSR count). The normalized spacial score (nSPS) is 18.2. The van der Waals surface area contributed by atoms with Gasteiger partial charge in [-0.15, -0.1) is 0 Å². The Bertz CT molecular complexity index is 218. The molecule has 2 nitrogen and oxygen atoms in total. The highest BCUT2D eigenvalue weighted by Crippen LogP contribution is 2.22. The summed E-state index contributed by atoms with van der Waals surface area (Å²) in [7, 11) is 0. The fraction of sp³-hybridized carbons (Fsp3) is 0.600.